The van der Waals surface area contributed by atoms with Crippen molar-refractivity contribution in [3.63, 3.8) is 0 Å². The van der Waals surface area contributed by atoms with Gasteiger partial charge in [-0.05, 0) is 37.1 Å². The standard InChI is InChI=1S/C17H27NO4Si/c1-21-17(20)15-6-4-14(5-7-15)8-9-18-12-16(19)13-22-10-3-11-23-2/h4-7,16,18-19H,3,8-13H2,1-2H3. The zero-order valence-corrected chi connectivity index (χ0v) is 15.0. The smallest absolute Gasteiger partial charge is 0.337 e. The first kappa shape index (κ1) is 19.8. The van der Waals surface area contributed by atoms with Crippen molar-refractivity contribution in [2.24, 2.45) is 0 Å². The number of esters is 1. The molecule has 0 saturated heterocycles. The molecule has 6 heteroatoms. The molecule has 0 aromatic heterocycles. The van der Waals surface area contributed by atoms with E-state index in [1.807, 2.05) is 12.1 Å². The summed E-state index contributed by atoms with van der Waals surface area (Å²) in [5.41, 5.74) is 1.69. The number of benzene rings is 1. The molecule has 23 heavy (non-hydrogen) atoms. The second-order valence-corrected chi connectivity index (χ2v) is 6.54. The Hall–Kier alpha value is -1.21. The molecule has 2 N–H and O–H groups in total. The van der Waals surface area contributed by atoms with Gasteiger partial charge in [-0.25, -0.2) is 4.79 Å². The summed E-state index contributed by atoms with van der Waals surface area (Å²) in [5, 5.41) is 13.0. The molecule has 0 amide bonds. The monoisotopic (exact) mass is 337 g/mol. The molecule has 1 unspecified atom stereocenters. The fourth-order valence-electron chi connectivity index (χ4n) is 2.06. The van der Waals surface area contributed by atoms with Gasteiger partial charge in [-0.1, -0.05) is 24.7 Å². The van der Waals surface area contributed by atoms with Crippen LogP contribution in [-0.2, 0) is 15.9 Å². The van der Waals surface area contributed by atoms with Crippen LogP contribution in [0, 0.1) is 0 Å². The molecule has 0 saturated carbocycles. The van der Waals surface area contributed by atoms with E-state index < -0.39 is 6.10 Å². The van der Waals surface area contributed by atoms with Gasteiger partial charge >= 0.3 is 5.97 Å². The zero-order chi connectivity index (χ0) is 16.9. The zero-order valence-electron chi connectivity index (χ0n) is 14.0. The molecule has 0 spiro atoms. The lowest BCUT2D eigenvalue weighted by molar-refractivity contribution is 0.0375. The fraction of sp³-hybridized carbons (Fsp3) is 0.588. The minimum Gasteiger partial charge on any atom is -0.465 e. The van der Waals surface area contributed by atoms with Crippen LogP contribution in [0.3, 0.4) is 0 Å². The molecule has 0 aliphatic carbocycles. The van der Waals surface area contributed by atoms with Crippen molar-refractivity contribution in [1.29, 1.82) is 0 Å². The van der Waals surface area contributed by atoms with Gasteiger partial charge in [0.25, 0.3) is 0 Å². The molecule has 5 nitrogen and oxygen atoms in total. The lowest BCUT2D eigenvalue weighted by Crippen LogP contribution is -2.31. The van der Waals surface area contributed by atoms with Crippen molar-refractivity contribution in [2.45, 2.75) is 31.5 Å². The molecule has 128 valence electrons. The summed E-state index contributed by atoms with van der Waals surface area (Å²) >= 11 is 0. The molecule has 0 aliphatic heterocycles. The molecule has 0 heterocycles. The Morgan fingerprint density at radius 3 is 2.74 bits per heavy atom. The SMILES string of the molecule is COC(=O)c1ccc(CCNCC(O)COCCC[Si]C)cc1. The average Bonchev–Trinajstić information content (AvgIpc) is 2.58. The highest BCUT2D eigenvalue weighted by molar-refractivity contribution is 6.33. The first-order valence-electron chi connectivity index (χ1n) is 7.95. The van der Waals surface area contributed by atoms with Crippen molar-refractivity contribution >= 4 is 15.5 Å². The van der Waals surface area contributed by atoms with E-state index in [9.17, 15) is 9.90 Å². The third-order valence-corrected chi connectivity index (χ3v) is 4.22. The van der Waals surface area contributed by atoms with Crippen molar-refractivity contribution in [2.75, 3.05) is 33.4 Å². The first-order chi connectivity index (χ1) is 11.2. The predicted octanol–water partition coefficient (Wildman–Crippen LogP) is 1.54. The molecule has 0 bridgehead atoms. The first-order valence-corrected chi connectivity index (χ1v) is 9.66. The van der Waals surface area contributed by atoms with Gasteiger partial charge < -0.3 is 19.9 Å². The van der Waals surface area contributed by atoms with E-state index in [-0.39, 0.29) is 5.97 Å². The van der Waals surface area contributed by atoms with E-state index in [0.717, 1.165) is 41.1 Å². The van der Waals surface area contributed by atoms with Gasteiger partial charge in [0.1, 0.15) is 0 Å². The van der Waals surface area contributed by atoms with Gasteiger partial charge in [0.2, 0.25) is 0 Å². The van der Waals surface area contributed by atoms with E-state index in [1.165, 1.54) is 13.2 Å². The number of methoxy groups -OCH3 is 1. The predicted molar refractivity (Wildman–Crippen MR) is 92.2 cm³/mol. The van der Waals surface area contributed by atoms with Gasteiger partial charge in [-0.15, -0.1) is 0 Å². The molecule has 0 fully saturated rings. The Bertz CT molecular complexity index is 439. The van der Waals surface area contributed by atoms with Gasteiger partial charge in [-0.2, -0.15) is 0 Å². The van der Waals surface area contributed by atoms with E-state index in [0.29, 0.717) is 18.7 Å². The van der Waals surface area contributed by atoms with Crippen LogP contribution in [0.1, 0.15) is 22.3 Å². The lowest BCUT2D eigenvalue weighted by atomic mass is 10.1. The summed E-state index contributed by atoms with van der Waals surface area (Å²) in [7, 11) is 2.34. The number of rotatable bonds is 12. The highest BCUT2D eigenvalue weighted by Crippen LogP contribution is 2.06. The highest BCUT2D eigenvalue weighted by Gasteiger charge is 2.05. The topological polar surface area (TPSA) is 67.8 Å². The van der Waals surface area contributed by atoms with E-state index in [2.05, 4.69) is 16.6 Å². The molecule has 2 radical (unpaired) electrons. The number of carbonyl (C=O) groups is 1. The molecular formula is C17H27NO4Si. The van der Waals surface area contributed by atoms with Gasteiger partial charge in [0.15, 0.2) is 0 Å². The summed E-state index contributed by atoms with van der Waals surface area (Å²) in [5.74, 6) is -0.322. The number of hydrogen-bond donors (Lipinski definition) is 2. The third-order valence-electron chi connectivity index (χ3n) is 3.37. The second kappa shape index (κ2) is 12.2. The molecule has 0 aliphatic rings. The van der Waals surface area contributed by atoms with Gasteiger partial charge in [0.05, 0.1) is 25.4 Å². The summed E-state index contributed by atoms with van der Waals surface area (Å²) in [4.78, 5) is 11.3. The van der Waals surface area contributed by atoms with E-state index >= 15 is 0 Å². The van der Waals surface area contributed by atoms with Crippen LogP contribution in [-0.4, -0.2) is 60.1 Å². The van der Waals surface area contributed by atoms with Crippen LogP contribution in [0.4, 0.5) is 0 Å². The second-order valence-electron chi connectivity index (χ2n) is 5.33. The average molecular weight is 337 g/mol. The maximum atomic E-state index is 11.3. The molecule has 1 rings (SSSR count). The summed E-state index contributed by atoms with van der Waals surface area (Å²) in [6.45, 7) is 4.58. The maximum Gasteiger partial charge on any atom is 0.337 e. The largest absolute Gasteiger partial charge is 0.465 e. The molecule has 1 atom stereocenters. The fourth-order valence-corrected chi connectivity index (χ4v) is 2.55. The third kappa shape index (κ3) is 8.85. The Kier molecular flexibility index (Phi) is 10.6. The normalized spacial score (nSPS) is 12.1. The number of aliphatic hydroxyl groups excluding tert-OH is 1. The van der Waals surface area contributed by atoms with E-state index in [4.69, 9.17) is 4.74 Å². The van der Waals surface area contributed by atoms with Gasteiger partial charge in [0, 0.05) is 22.7 Å². The van der Waals surface area contributed by atoms with Gasteiger partial charge in [-0.3, -0.25) is 0 Å². The number of nitrogens with one attached hydrogen (secondary N) is 1. The van der Waals surface area contributed by atoms with Crippen LogP contribution in [0.15, 0.2) is 24.3 Å². The minimum absolute atomic E-state index is 0.322. The van der Waals surface area contributed by atoms with Crippen LogP contribution in [0.5, 0.6) is 0 Å². The Labute approximate surface area is 141 Å². The number of aliphatic hydroxyl groups is 1. The van der Waals surface area contributed by atoms with Crippen molar-refractivity contribution < 1.29 is 19.4 Å². The molecule has 1 aromatic carbocycles. The highest BCUT2D eigenvalue weighted by atomic mass is 28.2. The van der Waals surface area contributed by atoms with Crippen molar-refractivity contribution in [3.05, 3.63) is 35.4 Å². The van der Waals surface area contributed by atoms with Crippen LogP contribution < -0.4 is 5.32 Å². The van der Waals surface area contributed by atoms with Crippen molar-refractivity contribution in [1.82, 2.24) is 5.32 Å². The summed E-state index contributed by atoms with van der Waals surface area (Å²) in [6.07, 6.45) is 1.43. The molecular weight excluding hydrogens is 310 g/mol. The van der Waals surface area contributed by atoms with Crippen LogP contribution in [0.2, 0.25) is 12.6 Å². The number of hydrogen-bond acceptors (Lipinski definition) is 5. The minimum atomic E-state index is -0.472. The van der Waals surface area contributed by atoms with E-state index in [1.54, 1.807) is 12.1 Å². The maximum absolute atomic E-state index is 11.3. The molecule has 1 aromatic rings. The number of carbonyl (C=O) groups excluding carboxylic acids is 1. The summed E-state index contributed by atoms with van der Waals surface area (Å²) in [6, 6.07) is 8.56. The Morgan fingerprint density at radius 2 is 2.09 bits per heavy atom. The van der Waals surface area contributed by atoms with Crippen LogP contribution in [0.25, 0.3) is 0 Å². The van der Waals surface area contributed by atoms with Crippen molar-refractivity contribution in [3.8, 4) is 0 Å². The Morgan fingerprint density at radius 1 is 1.35 bits per heavy atom. The van der Waals surface area contributed by atoms with Crippen LogP contribution >= 0.6 is 0 Å². The quantitative estimate of drug-likeness (QED) is 0.344. The number of ether oxygens (including phenoxy) is 2. The lowest BCUT2D eigenvalue weighted by Gasteiger charge is -2.12. The summed E-state index contributed by atoms with van der Waals surface area (Å²) < 4.78 is 10.1. The Balaban J connectivity index is 2.11.